The van der Waals surface area contributed by atoms with Crippen molar-refractivity contribution in [3.8, 4) is 11.5 Å². The number of ketones is 1. The molecule has 0 unspecified atom stereocenters. The number of nitrogens with zero attached hydrogens (tertiary/aromatic N) is 1. The van der Waals surface area contributed by atoms with Crippen LogP contribution < -0.4 is 19.7 Å². The van der Waals surface area contributed by atoms with Gasteiger partial charge in [0.1, 0.15) is 18.0 Å². The molecule has 3 aromatic carbocycles. The lowest BCUT2D eigenvalue weighted by molar-refractivity contribution is -0.125. The highest BCUT2D eigenvalue weighted by atomic mass is 16.5. The number of aryl methyl sites for hydroxylation is 1. The minimum atomic E-state index is -0.340. The van der Waals surface area contributed by atoms with Gasteiger partial charge in [0, 0.05) is 12.1 Å². The number of fused-ring (bicyclic) bond motifs is 1. The molecule has 37 heavy (non-hydrogen) atoms. The van der Waals surface area contributed by atoms with Crippen molar-refractivity contribution in [3.05, 3.63) is 89.0 Å². The van der Waals surface area contributed by atoms with Crippen molar-refractivity contribution in [1.29, 1.82) is 0 Å². The Bertz CT molecular complexity index is 1290. The van der Waals surface area contributed by atoms with Crippen LogP contribution in [-0.4, -0.2) is 43.9 Å². The fourth-order valence-corrected chi connectivity index (χ4v) is 4.16. The van der Waals surface area contributed by atoms with E-state index in [1.807, 2.05) is 49.4 Å². The van der Waals surface area contributed by atoms with Crippen LogP contribution in [0.5, 0.6) is 11.5 Å². The number of carbonyl (C=O) groups excluding carboxylic acids is 3. The molecule has 192 valence electrons. The molecular weight excluding hydrogens is 468 g/mol. The van der Waals surface area contributed by atoms with Crippen molar-refractivity contribution in [2.75, 3.05) is 31.2 Å². The minimum Gasteiger partial charge on any atom is -0.485 e. The van der Waals surface area contributed by atoms with Crippen molar-refractivity contribution in [2.24, 2.45) is 0 Å². The Morgan fingerprint density at radius 1 is 1.05 bits per heavy atom. The maximum Gasteiger partial charge on any atom is 0.265 e. The van der Waals surface area contributed by atoms with E-state index in [9.17, 15) is 14.4 Å². The van der Waals surface area contributed by atoms with Gasteiger partial charge in [-0.1, -0.05) is 50.2 Å². The molecule has 0 saturated carbocycles. The molecule has 1 heterocycles. The molecule has 3 aromatic rings. The molecule has 1 N–H and O–H groups in total. The van der Waals surface area contributed by atoms with Crippen LogP contribution in [0.1, 0.15) is 46.8 Å². The Morgan fingerprint density at radius 2 is 1.84 bits per heavy atom. The lowest BCUT2D eigenvalue weighted by Crippen LogP contribution is -2.45. The Labute approximate surface area is 217 Å². The first-order valence-corrected chi connectivity index (χ1v) is 12.5. The van der Waals surface area contributed by atoms with Gasteiger partial charge in [0.2, 0.25) is 5.91 Å². The molecule has 0 fully saturated rings. The highest BCUT2D eigenvalue weighted by Crippen LogP contribution is 2.33. The summed E-state index contributed by atoms with van der Waals surface area (Å²) < 4.78 is 11.3. The van der Waals surface area contributed by atoms with Crippen molar-refractivity contribution in [3.63, 3.8) is 0 Å². The van der Waals surface area contributed by atoms with Gasteiger partial charge in [-0.3, -0.25) is 19.3 Å². The summed E-state index contributed by atoms with van der Waals surface area (Å²) in [6.07, 6.45) is 0.693. The van der Waals surface area contributed by atoms with E-state index < -0.39 is 0 Å². The summed E-state index contributed by atoms with van der Waals surface area (Å²) in [4.78, 5) is 39.5. The molecule has 2 amide bonds. The summed E-state index contributed by atoms with van der Waals surface area (Å²) >= 11 is 0. The maximum atomic E-state index is 12.9. The van der Waals surface area contributed by atoms with Gasteiger partial charge < -0.3 is 14.8 Å². The molecule has 1 aliphatic heterocycles. The Kier molecular flexibility index (Phi) is 8.23. The number of rotatable bonds is 10. The number of amides is 2. The van der Waals surface area contributed by atoms with Gasteiger partial charge in [0.25, 0.3) is 5.91 Å². The second kappa shape index (κ2) is 11.7. The second-order valence-corrected chi connectivity index (χ2v) is 9.48. The molecule has 0 atom stereocenters. The topological polar surface area (TPSA) is 84.9 Å². The van der Waals surface area contributed by atoms with Gasteiger partial charge in [0.15, 0.2) is 19.0 Å². The number of carbonyl (C=O) groups is 3. The monoisotopic (exact) mass is 500 g/mol. The van der Waals surface area contributed by atoms with E-state index in [2.05, 4.69) is 25.2 Å². The van der Waals surface area contributed by atoms with Crippen molar-refractivity contribution >= 4 is 23.3 Å². The second-order valence-electron chi connectivity index (χ2n) is 9.48. The van der Waals surface area contributed by atoms with E-state index in [1.54, 1.807) is 18.2 Å². The largest absolute Gasteiger partial charge is 0.485 e. The van der Waals surface area contributed by atoms with Gasteiger partial charge in [-0.05, 0) is 66.3 Å². The Hall–Kier alpha value is -4.13. The predicted molar refractivity (Wildman–Crippen MR) is 143 cm³/mol. The van der Waals surface area contributed by atoms with Gasteiger partial charge in [-0.2, -0.15) is 0 Å². The van der Waals surface area contributed by atoms with E-state index in [0.717, 1.165) is 16.7 Å². The number of ether oxygens (including phenoxy) is 2. The van der Waals surface area contributed by atoms with Gasteiger partial charge in [0.05, 0.1) is 5.69 Å². The molecule has 0 aromatic heterocycles. The van der Waals surface area contributed by atoms with Crippen LogP contribution in [0.2, 0.25) is 0 Å². The summed E-state index contributed by atoms with van der Waals surface area (Å²) in [5, 5.41) is 2.86. The summed E-state index contributed by atoms with van der Waals surface area (Å²) in [6, 6.07) is 20.7. The molecule has 0 radical (unpaired) electrons. The highest BCUT2D eigenvalue weighted by molar-refractivity contribution is 6.04. The minimum absolute atomic E-state index is 0.144. The van der Waals surface area contributed by atoms with Crippen LogP contribution in [0.3, 0.4) is 0 Å². The first kappa shape index (κ1) is 25.9. The van der Waals surface area contributed by atoms with Crippen LogP contribution in [-0.2, 0) is 16.0 Å². The maximum absolute atomic E-state index is 12.9. The van der Waals surface area contributed by atoms with Crippen molar-refractivity contribution in [1.82, 2.24) is 5.32 Å². The summed E-state index contributed by atoms with van der Waals surface area (Å²) in [6.45, 7) is 6.21. The normalized spacial score (nSPS) is 12.6. The molecule has 1 aliphatic rings. The van der Waals surface area contributed by atoms with E-state index in [-0.39, 0.29) is 37.4 Å². The smallest absolute Gasteiger partial charge is 0.265 e. The third-order valence-electron chi connectivity index (χ3n) is 6.21. The summed E-state index contributed by atoms with van der Waals surface area (Å²) in [5.41, 5.74) is 4.11. The van der Waals surface area contributed by atoms with Crippen LogP contribution in [0.15, 0.2) is 66.7 Å². The Balaban J connectivity index is 1.41. The zero-order chi connectivity index (χ0) is 26.4. The number of hydrogen-bond donors (Lipinski definition) is 1. The van der Waals surface area contributed by atoms with Crippen LogP contribution >= 0.6 is 0 Å². The van der Waals surface area contributed by atoms with E-state index >= 15 is 0 Å². The van der Waals surface area contributed by atoms with Gasteiger partial charge in [-0.15, -0.1) is 0 Å². The fourth-order valence-electron chi connectivity index (χ4n) is 4.16. The van der Waals surface area contributed by atoms with E-state index in [1.165, 1.54) is 4.90 Å². The van der Waals surface area contributed by atoms with Gasteiger partial charge in [-0.25, -0.2) is 0 Å². The molecule has 0 bridgehead atoms. The van der Waals surface area contributed by atoms with Crippen LogP contribution in [0.25, 0.3) is 0 Å². The molecule has 4 rings (SSSR count). The predicted octanol–water partition coefficient (Wildman–Crippen LogP) is 4.46. The van der Waals surface area contributed by atoms with Gasteiger partial charge >= 0.3 is 0 Å². The third-order valence-corrected chi connectivity index (χ3v) is 6.21. The SMILES string of the molecule is Cc1cc(OCC(=O)c2ccc3c(c2)N(CC(=O)NCCc2ccccc2)C(=O)CO3)cc(C(C)C)c1. The quantitative estimate of drug-likeness (QED) is 0.416. The third kappa shape index (κ3) is 6.76. The fraction of sp³-hybridized carbons (Fsp3) is 0.300. The number of benzene rings is 3. The van der Waals surface area contributed by atoms with E-state index in [4.69, 9.17) is 9.47 Å². The lowest BCUT2D eigenvalue weighted by atomic mass is 10.0. The number of Topliss-reactive ketones (excluding diaryl/α,β-unsaturated/α-hetero) is 1. The van der Waals surface area contributed by atoms with Crippen molar-refractivity contribution < 1.29 is 23.9 Å². The standard InChI is InChI=1S/C30H32N2O5/c1-20(2)24-13-21(3)14-25(15-24)36-18-27(33)23-9-10-28-26(16-23)32(30(35)19-37-28)17-29(34)31-12-11-22-7-5-4-6-8-22/h4-10,13-16,20H,11-12,17-19H2,1-3H3,(H,31,34). The Morgan fingerprint density at radius 3 is 2.59 bits per heavy atom. The zero-order valence-electron chi connectivity index (χ0n) is 21.5. The number of anilines is 1. The molecule has 7 nitrogen and oxygen atoms in total. The van der Waals surface area contributed by atoms with Crippen LogP contribution in [0.4, 0.5) is 5.69 Å². The first-order chi connectivity index (χ1) is 17.8. The first-order valence-electron chi connectivity index (χ1n) is 12.5. The van der Waals surface area contributed by atoms with E-state index in [0.29, 0.717) is 41.6 Å². The summed E-state index contributed by atoms with van der Waals surface area (Å²) in [7, 11) is 0. The van der Waals surface area contributed by atoms with Crippen LogP contribution in [0, 0.1) is 6.92 Å². The molecule has 7 heteroatoms. The average Bonchev–Trinajstić information content (AvgIpc) is 2.89. The molecule has 0 aliphatic carbocycles. The molecule has 0 spiro atoms. The molecule has 0 saturated heterocycles. The zero-order valence-corrected chi connectivity index (χ0v) is 21.5. The highest BCUT2D eigenvalue weighted by Gasteiger charge is 2.28. The summed E-state index contributed by atoms with van der Waals surface area (Å²) in [5.74, 6) is 0.584. The molecular formula is C30H32N2O5. The lowest BCUT2D eigenvalue weighted by Gasteiger charge is -2.29. The number of nitrogens with one attached hydrogen (secondary N) is 1. The average molecular weight is 501 g/mol. The van der Waals surface area contributed by atoms with Crippen molar-refractivity contribution in [2.45, 2.75) is 33.1 Å². The number of hydrogen-bond acceptors (Lipinski definition) is 5.